The largest absolute Gasteiger partial charge is 0.370 e. The summed E-state index contributed by atoms with van der Waals surface area (Å²) in [4.78, 5) is 19.0. The molecule has 0 fully saturated rings. The van der Waals surface area contributed by atoms with Gasteiger partial charge in [-0.05, 0) is 47.7 Å². The van der Waals surface area contributed by atoms with Gasteiger partial charge in [0.2, 0.25) is 0 Å². The second kappa shape index (κ2) is 6.57. The molecule has 0 saturated heterocycles. The molecular formula is C19H15FN4O. The molecule has 0 atom stereocenters. The number of hydrogen-bond donors (Lipinski definition) is 2. The Labute approximate surface area is 144 Å². The van der Waals surface area contributed by atoms with Crippen molar-refractivity contribution >= 4 is 23.1 Å². The molecule has 0 saturated carbocycles. The van der Waals surface area contributed by atoms with E-state index in [-0.39, 0.29) is 17.2 Å². The molecule has 1 aliphatic rings. The summed E-state index contributed by atoms with van der Waals surface area (Å²) in [5, 5.41) is 0. The van der Waals surface area contributed by atoms with Gasteiger partial charge in [0.25, 0.3) is 5.91 Å². The number of rotatable bonds is 2. The molecule has 1 aliphatic carbocycles. The van der Waals surface area contributed by atoms with Crippen LogP contribution in [-0.4, -0.2) is 11.9 Å². The summed E-state index contributed by atoms with van der Waals surface area (Å²) in [6.07, 6.45) is 3.40. The van der Waals surface area contributed by atoms with Gasteiger partial charge in [-0.3, -0.25) is 4.79 Å². The van der Waals surface area contributed by atoms with Crippen LogP contribution in [0.15, 0.2) is 47.5 Å². The molecule has 3 rings (SSSR count). The quantitative estimate of drug-likeness (QED) is 0.502. The van der Waals surface area contributed by atoms with Gasteiger partial charge in [-0.2, -0.15) is 4.99 Å². The third-order valence-electron chi connectivity index (χ3n) is 4.02. The van der Waals surface area contributed by atoms with Crippen LogP contribution in [0, 0.1) is 12.4 Å². The number of hydrogen-bond acceptors (Lipinski definition) is 1. The summed E-state index contributed by atoms with van der Waals surface area (Å²) in [7, 11) is 0. The second-order valence-corrected chi connectivity index (χ2v) is 5.62. The maximum atomic E-state index is 14.4. The van der Waals surface area contributed by atoms with Gasteiger partial charge < -0.3 is 11.5 Å². The van der Waals surface area contributed by atoms with Crippen LogP contribution in [-0.2, 0) is 6.42 Å². The monoisotopic (exact) mass is 334 g/mol. The fourth-order valence-corrected chi connectivity index (χ4v) is 2.95. The van der Waals surface area contributed by atoms with E-state index in [0.717, 1.165) is 24.0 Å². The van der Waals surface area contributed by atoms with E-state index in [1.54, 1.807) is 18.2 Å². The molecule has 2 aromatic carbocycles. The Hall–Kier alpha value is -3.46. The molecule has 0 aromatic heterocycles. The number of benzene rings is 2. The van der Waals surface area contributed by atoms with Crippen LogP contribution in [0.5, 0.6) is 0 Å². The summed E-state index contributed by atoms with van der Waals surface area (Å²) in [6.45, 7) is 7.30. The van der Waals surface area contributed by atoms with Gasteiger partial charge in [-0.25, -0.2) is 9.24 Å². The fraction of sp³-hybridized carbons (Fsp3) is 0.105. The molecule has 0 unspecified atom stereocenters. The lowest BCUT2D eigenvalue weighted by molar-refractivity contribution is 0.100. The maximum Gasteiger partial charge on any atom is 0.280 e. The highest BCUT2D eigenvalue weighted by Crippen LogP contribution is 2.38. The minimum atomic E-state index is -0.563. The Kier molecular flexibility index (Phi) is 4.31. The number of carbonyl (C=O) groups is 1. The second-order valence-electron chi connectivity index (χ2n) is 5.62. The van der Waals surface area contributed by atoms with Crippen molar-refractivity contribution in [3.8, 4) is 0 Å². The van der Waals surface area contributed by atoms with E-state index in [2.05, 4.69) is 9.84 Å². The molecule has 2 aromatic rings. The number of carbonyl (C=O) groups excluding carboxylic acids is 1. The summed E-state index contributed by atoms with van der Waals surface area (Å²) in [5.74, 6) is -1.34. The van der Waals surface area contributed by atoms with E-state index in [4.69, 9.17) is 18.0 Å². The molecule has 25 heavy (non-hydrogen) atoms. The van der Waals surface area contributed by atoms with Crippen LogP contribution >= 0.6 is 0 Å². The summed E-state index contributed by atoms with van der Waals surface area (Å²) < 4.78 is 14.4. The zero-order valence-corrected chi connectivity index (χ0v) is 13.3. The molecule has 4 N–H and O–H groups in total. The Bertz CT molecular complexity index is 966. The van der Waals surface area contributed by atoms with Crippen LogP contribution in [0.4, 0.5) is 10.1 Å². The van der Waals surface area contributed by atoms with Crippen molar-refractivity contribution in [2.75, 3.05) is 0 Å². The average Bonchev–Trinajstić information content (AvgIpc) is 2.60. The van der Waals surface area contributed by atoms with Crippen molar-refractivity contribution in [1.82, 2.24) is 0 Å². The number of nitrogens with two attached hydrogens (primary N) is 2. The van der Waals surface area contributed by atoms with Crippen molar-refractivity contribution < 1.29 is 9.18 Å². The molecule has 0 spiro atoms. The highest BCUT2D eigenvalue weighted by atomic mass is 19.1. The summed E-state index contributed by atoms with van der Waals surface area (Å²) in [6, 6.07) is 9.52. The van der Waals surface area contributed by atoms with E-state index in [1.165, 1.54) is 12.1 Å². The summed E-state index contributed by atoms with van der Waals surface area (Å²) >= 11 is 0. The van der Waals surface area contributed by atoms with Gasteiger partial charge in [0, 0.05) is 11.1 Å². The number of amides is 1. The lowest BCUT2D eigenvalue weighted by atomic mass is 9.85. The molecule has 0 radical (unpaired) electrons. The van der Waals surface area contributed by atoms with Crippen LogP contribution in [0.2, 0.25) is 0 Å². The number of aliphatic imine (C=N–C) groups is 1. The average molecular weight is 334 g/mol. The number of nitrogens with zero attached hydrogens (tertiary/aromatic N) is 2. The number of guanidine groups is 1. The van der Waals surface area contributed by atoms with Crippen LogP contribution in [0.25, 0.3) is 10.4 Å². The van der Waals surface area contributed by atoms with Gasteiger partial charge in [-0.15, -0.1) is 0 Å². The van der Waals surface area contributed by atoms with E-state index in [9.17, 15) is 9.18 Å². The van der Waals surface area contributed by atoms with Crippen molar-refractivity contribution in [3.63, 3.8) is 0 Å². The molecule has 0 bridgehead atoms. The molecule has 124 valence electrons. The van der Waals surface area contributed by atoms with Gasteiger partial charge in [-0.1, -0.05) is 24.3 Å². The van der Waals surface area contributed by atoms with Gasteiger partial charge in [0.15, 0.2) is 11.6 Å². The third-order valence-corrected chi connectivity index (χ3v) is 4.02. The first-order chi connectivity index (χ1) is 12.0. The van der Waals surface area contributed by atoms with Crippen LogP contribution in [0.3, 0.4) is 0 Å². The molecule has 6 heteroatoms. The Morgan fingerprint density at radius 2 is 2.04 bits per heavy atom. The molecular weight excluding hydrogens is 319 g/mol. The number of halogens is 1. The normalized spacial score (nSPS) is 12.6. The van der Waals surface area contributed by atoms with E-state index in [0.29, 0.717) is 11.1 Å². The highest BCUT2D eigenvalue weighted by Gasteiger charge is 2.21. The van der Waals surface area contributed by atoms with Crippen molar-refractivity contribution in [3.05, 3.63) is 82.0 Å². The van der Waals surface area contributed by atoms with E-state index < -0.39 is 11.7 Å². The molecule has 0 aliphatic heterocycles. The Morgan fingerprint density at radius 3 is 2.76 bits per heavy atom. The summed E-state index contributed by atoms with van der Waals surface area (Å²) in [5.41, 5.74) is 13.6. The topological polar surface area (TPSA) is 85.8 Å². The predicted molar refractivity (Wildman–Crippen MR) is 94.6 cm³/mol. The van der Waals surface area contributed by atoms with Gasteiger partial charge in [0.1, 0.15) is 5.82 Å². The van der Waals surface area contributed by atoms with Gasteiger partial charge in [0.05, 0.1) is 6.57 Å². The standard InChI is InChI=1S/C19H15FN4O/c1-23-16-7-3-6-15(20)17(16)13-5-2-4-11-8-9-12(10-14(11)13)18(25)24-19(21)22/h3,5-10H,2,4H2,(H4,21,22,24,25). The molecule has 1 amide bonds. The van der Waals surface area contributed by atoms with Crippen molar-refractivity contribution in [2.45, 2.75) is 12.8 Å². The van der Waals surface area contributed by atoms with Crippen LogP contribution in [0.1, 0.15) is 33.5 Å². The SMILES string of the molecule is [C-]#[N+]c1cccc(F)c1C1=CCCc2ccc(C(=O)N=C(N)N)cc21. The zero-order chi connectivity index (χ0) is 18.0. The molecule has 0 heterocycles. The number of allylic oxidation sites excluding steroid dienone is 1. The van der Waals surface area contributed by atoms with E-state index >= 15 is 0 Å². The van der Waals surface area contributed by atoms with Crippen molar-refractivity contribution in [2.24, 2.45) is 16.5 Å². The van der Waals surface area contributed by atoms with Gasteiger partial charge >= 0.3 is 0 Å². The fourth-order valence-electron chi connectivity index (χ4n) is 2.95. The number of aryl methyl sites for hydroxylation is 1. The lowest BCUT2D eigenvalue weighted by Gasteiger charge is -2.20. The Morgan fingerprint density at radius 1 is 1.24 bits per heavy atom. The lowest BCUT2D eigenvalue weighted by Crippen LogP contribution is -2.24. The number of fused-ring (bicyclic) bond motifs is 1. The Balaban J connectivity index is 2.16. The third kappa shape index (κ3) is 3.12. The minimum Gasteiger partial charge on any atom is -0.370 e. The first-order valence-electron chi connectivity index (χ1n) is 7.65. The van der Waals surface area contributed by atoms with E-state index in [1.807, 2.05) is 12.1 Å². The smallest absolute Gasteiger partial charge is 0.280 e. The minimum absolute atomic E-state index is 0.236. The maximum absolute atomic E-state index is 14.4. The first kappa shape index (κ1) is 16.4. The predicted octanol–water partition coefficient (Wildman–Crippen LogP) is 3.17. The first-order valence-corrected chi connectivity index (χ1v) is 7.65. The highest BCUT2D eigenvalue weighted by molar-refractivity contribution is 6.03. The van der Waals surface area contributed by atoms with Crippen molar-refractivity contribution in [1.29, 1.82) is 0 Å². The zero-order valence-electron chi connectivity index (χ0n) is 13.3. The van der Waals surface area contributed by atoms with Crippen LogP contribution < -0.4 is 11.5 Å². The molecule has 5 nitrogen and oxygen atoms in total.